The van der Waals surface area contributed by atoms with Gasteiger partial charge in [-0.15, -0.1) is 0 Å². The number of aryl methyl sites for hydroxylation is 1. The Kier molecular flexibility index (Phi) is 6.51. The van der Waals surface area contributed by atoms with E-state index >= 15 is 0 Å². The van der Waals surface area contributed by atoms with Crippen molar-refractivity contribution in [3.05, 3.63) is 35.4 Å². The lowest BCUT2D eigenvalue weighted by atomic mass is 10.0. The first-order valence-electron chi connectivity index (χ1n) is 7.90. The molecule has 1 aromatic carbocycles. The van der Waals surface area contributed by atoms with Crippen molar-refractivity contribution in [3.63, 3.8) is 0 Å². The summed E-state index contributed by atoms with van der Waals surface area (Å²) in [6.07, 6.45) is 3.76. The van der Waals surface area contributed by atoms with Crippen molar-refractivity contribution < 1.29 is 0 Å². The molecule has 112 valence electrons. The van der Waals surface area contributed by atoms with Crippen LogP contribution in [0.15, 0.2) is 24.3 Å². The summed E-state index contributed by atoms with van der Waals surface area (Å²) < 4.78 is 0. The topological polar surface area (TPSA) is 18.5 Å². The Bertz CT molecular complexity index is 390. The van der Waals surface area contributed by atoms with Gasteiger partial charge in [-0.3, -0.25) is 4.90 Å². The largest absolute Gasteiger partial charge is 0.315 e. The molecule has 1 aliphatic rings. The van der Waals surface area contributed by atoms with Crippen LogP contribution in [-0.4, -0.2) is 56.6 Å². The molecule has 3 heteroatoms. The normalized spacial score (nSPS) is 16.1. The molecule has 0 aromatic heterocycles. The Hall–Kier alpha value is -0.900. The van der Waals surface area contributed by atoms with Crippen molar-refractivity contribution in [3.8, 4) is 0 Å². The molecule has 0 radical (unpaired) electrons. The molecule has 0 bridgehead atoms. The molecule has 2 rings (SSSR count). The van der Waals surface area contributed by atoms with Crippen LogP contribution in [0.3, 0.4) is 0 Å². The molecule has 0 atom stereocenters. The van der Waals surface area contributed by atoms with Crippen LogP contribution in [0.4, 0.5) is 0 Å². The monoisotopic (exact) mass is 275 g/mol. The highest BCUT2D eigenvalue weighted by molar-refractivity contribution is 5.27. The molecule has 0 fully saturated rings. The van der Waals surface area contributed by atoms with Crippen molar-refractivity contribution in [2.45, 2.75) is 25.8 Å². The molecule has 0 unspecified atom stereocenters. The van der Waals surface area contributed by atoms with E-state index in [9.17, 15) is 0 Å². The third-order valence-electron chi connectivity index (χ3n) is 4.00. The summed E-state index contributed by atoms with van der Waals surface area (Å²) in [7, 11) is 4.27. The lowest BCUT2D eigenvalue weighted by Gasteiger charge is -2.20. The van der Waals surface area contributed by atoms with Crippen LogP contribution in [0.1, 0.15) is 24.0 Å². The van der Waals surface area contributed by atoms with Gasteiger partial charge in [-0.25, -0.2) is 0 Å². The van der Waals surface area contributed by atoms with Crippen LogP contribution < -0.4 is 5.32 Å². The van der Waals surface area contributed by atoms with E-state index in [-0.39, 0.29) is 0 Å². The molecule has 0 saturated heterocycles. The molecule has 3 nitrogen and oxygen atoms in total. The van der Waals surface area contributed by atoms with E-state index in [0.717, 1.165) is 26.2 Å². The minimum Gasteiger partial charge on any atom is -0.315 e. The summed E-state index contributed by atoms with van der Waals surface area (Å²) in [6, 6.07) is 8.92. The van der Waals surface area contributed by atoms with Gasteiger partial charge in [0.25, 0.3) is 0 Å². The Balaban J connectivity index is 1.67. The first-order chi connectivity index (χ1) is 9.75. The first kappa shape index (κ1) is 15.5. The van der Waals surface area contributed by atoms with Crippen LogP contribution >= 0.6 is 0 Å². The van der Waals surface area contributed by atoms with E-state index in [1.807, 2.05) is 0 Å². The SMILES string of the molecule is CN(C)CCCNCCN1CCCc2ccccc2C1. The Morgan fingerprint density at radius 3 is 2.75 bits per heavy atom. The van der Waals surface area contributed by atoms with Crippen LogP contribution in [0, 0.1) is 0 Å². The maximum Gasteiger partial charge on any atom is 0.0237 e. The van der Waals surface area contributed by atoms with Gasteiger partial charge in [-0.2, -0.15) is 0 Å². The van der Waals surface area contributed by atoms with Gasteiger partial charge in [0, 0.05) is 19.6 Å². The molecule has 0 spiro atoms. The molecule has 1 heterocycles. The van der Waals surface area contributed by atoms with Gasteiger partial charge in [0.2, 0.25) is 0 Å². The fraction of sp³-hybridized carbons (Fsp3) is 0.647. The minimum atomic E-state index is 1.11. The Morgan fingerprint density at radius 1 is 1.15 bits per heavy atom. The number of nitrogens with zero attached hydrogens (tertiary/aromatic N) is 2. The maximum absolute atomic E-state index is 3.56. The Morgan fingerprint density at radius 2 is 1.95 bits per heavy atom. The smallest absolute Gasteiger partial charge is 0.0237 e. The highest BCUT2D eigenvalue weighted by Crippen LogP contribution is 2.17. The van der Waals surface area contributed by atoms with Gasteiger partial charge < -0.3 is 10.2 Å². The predicted octanol–water partition coefficient (Wildman–Crippen LogP) is 1.98. The third kappa shape index (κ3) is 5.23. The number of rotatable bonds is 7. The second-order valence-electron chi connectivity index (χ2n) is 6.06. The molecule has 0 aliphatic carbocycles. The maximum atomic E-state index is 3.56. The zero-order valence-corrected chi connectivity index (χ0v) is 13.1. The van der Waals surface area contributed by atoms with Gasteiger partial charge in [0.05, 0.1) is 0 Å². The molecule has 0 saturated carbocycles. The average molecular weight is 275 g/mol. The zero-order chi connectivity index (χ0) is 14.2. The summed E-state index contributed by atoms with van der Waals surface area (Å²) in [5, 5.41) is 3.56. The number of benzene rings is 1. The van der Waals surface area contributed by atoms with Gasteiger partial charge in [0.1, 0.15) is 0 Å². The van der Waals surface area contributed by atoms with E-state index in [2.05, 4.69) is 53.5 Å². The van der Waals surface area contributed by atoms with Crippen molar-refractivity contribution in [2.75, 3.05) is 46.8 Å². The summed E-state index contributed by atoms with van der Waals surface area (Å²) in [5.74, 6) is 0. The quantitative estimate of drug-likeness (QED) is 0.768. The fourth-order valence-electron chi connectivity index (χ4n) is 2.84. The van der Waals surface area contributed by atoms with E-state index in [1.54, 1.807) is 5.56 Å². The van der Waals surface area contributed by atoms with E-state index < -0.39 is 0 Å². The number of hydrogen-bond donors (Lipinski definition) is 1. The minimum absolute atomic E-state index is 1.11. The van der Waals surface area contributed by atoms with Gasteiger partial charge in [-0.1, -0.05) is 24.3 Å². The summed E-state index contributed by atoms with van der Waals surface area (Å²) in [6.45, 7) is 6.92. The van der Waals surface area contributed by atoms with Gasteiger partial charge in [0.15, 0.2) is 0 Å². The van der Waals surface area contributed by atoms with E-state index in [4.69, 9.17) is 0 Å². The molecule has 20 heavy (non-hydrogen) atoms. The summed E-state index contributed by atoms with van der Waals surface area (Å²) >= 11 is 0. The van der Waals surface area contributed by atoms with Crippen molar-refractivity contribution in [2.24, 2.45) is 0 Å². The van der Waals surface area contributed by atoms with E-state index in [1.165, 1.54) is 37.9 Å². The molecular formula is C17H29N3. The summed E-state index contributed by atoms with van der Waals surface area (Å²) in [5.41, 5.74) is 3.08. The van der Waals surface area contributed by atoms with Crippen molar-refractivity contribution in [1.29, 1.82) is 0 Å². The van der Waals surface area contributed by atoms with Crippen molar-refractivity contribution >= 4 is 0 Å². The second kappa shape index (κ2) is 8.40. The number of hydrogen-bond acceptors (Lipinski definition) is 3. The molecule has 1 aromatic rings. The lowest BCUT2D eigenvalue weighted by Crippen LogP contribution is -2.33. The second-order valence-corrected chi connectivity index (χ2v) is 6.06. The number of nitrogens with one attached hydrogen (secondary N) is 1. The molecule has 1 N–H and O–H groups in total. The molecular weight excluding hydrogens is 246 g/mol. The van der Waals surface area contributed by atoms with Crippen LogP contribution in [-0.2, 0) is 13.0 Å². The summed E-state index contributed by atoms with van der Waals surface area (Å²) in [4.78, 5) is 4.83. The molecule has 1 aliphatic heterocycles. The van der Waals surface area contributed by atoms with Crippen LogP contribution in [0.25, 0.3) is 0 Å². The van der Waals surface area contributed by atoms with Crippen molar-refractivity contribution in [1.82, 2.24) is 15.1 Å². The standard InChI is InChI=1S/C17H29N3/c1-19(2)12-6-10-18-11-14-20-13-5-9-16-7-3-4-8-17(16)15-20/h3-4,7-8,18H,5-6,9-15H2,1-2H3. The lowest BCUT2D eigenvalue weighted by molar-refractivity contribution is 0.268. The Labute approximate surface area is 124 Å². The van der Waals surface area contributed by atoms with E-state index in [0.29, 0.717) is 0 Å². The van der Waals surface area contributed by atoms with Crippen LogP contribution in [0.2, 0.25) is 0 Å². The zero-order valence-electron chi connectivity index (χ0n) is 13.1. The fourth-order valence-corrected chi connectivity index (χ4v) is 2.84. The highest BCUT2D eigenvalue weighted by atomic mass is 15.1. The highest BCUT2D eigenvalue weighted by Gasteiger charge is 2.12. The average Bonchev–Trinajstić information content (AvgIpc) is 2.64. The first-order valence-corrected chi connectivity index (χ1v) is 7.90. The third-order valence-corrected chi connectivity index (χ3v) is 4.00. The number of fused-ring (bicyclic) bond motifs is 1. The predicted molar refractivity (Wildman–Crippen MR) is 86.1 cm³/mol. The molecule has 0 amide bonds. The van der Waals surface area contributed by atoms with Gasteiger partial charge in [-0.05, 0) is 64.1 Å². The van der Waals surface area contributed by atoms with Crippen LogP contribution in [0.5, 0.6) is 0 Å². The van der Waals surface area contributed by atoms with Gasteiger partial charge >= 0.3 is 0 Å².